The van der Waals surface area contributed by atoms with Crippen LogP contribution in [0.25, 0.3) is 0 Å². The first-order valence-corrected chi connectivity index (χ1v) is 5.07. The SMILES string of the molecule is CC(C)c1ccc(C(=O)C(N)CO)cc1. The lowest BCUT2D eigenvalue weighted by atomic mass is 9.99. The highest BCUT2D eigenvalue weighted by molar-refractivity contribution is 6.00. The molecule has 3 nitrogen and oxygen atoms in total. The first kappa shape index (κ1) is 11.9. The predicted octanol–water partition coefficient (Wildman–Crippen LogP) is 1.31. The minimum absolute atomic E-state index is 0.215. The molecule has 0 spiro atoms. The number of rotatable bonds is 4. The van der Waals surface area contributed by atoms with Crippen LogP contribution < -0.4 is 5.73 Å². The highest BCUT2D eigenvalue weighted by Gasteiger charge is 2.14. The zero-order valence-corrected chi connectivity index (χ0v) is 9.10. The number of hydrogen-bond acceptors (Lipinski definition) is 3. The molecular weight excluding hydrogens is 190 g/mol. The molecule has 0 aliphatic carbocycles. The maximum absolute atomic E-state index is 11.6. The van der Waals surface area contributed by atoms with Gasteiger partial charge in [-0.05, 0) is 11.5 Å². The summed E-state index contributed by atoms with van der Waals surface area (Å²) in [7, 11) is 0. The second-order valence-electron chi connectivity index (χ2n) is 3.93. The van der Waals surface area contributed by atoms with Crippen molar-refractivity contribution in [3.05, 3.63) is 35.4 Å². The van der Waals surface area contributed by atoms with E-state index in [1.807, 2.05) is 12.1 Å². The molecule has 0 aliphatic heterocycles. The van der Waals surface area contributed by atoms with Crippen molar-refractivity contribution in [3.63, 3.8) is 0 Å². The minimum atomic E-state index is -0.810. The fraction of sp³-hybridized carbons (Fsp3) is 0.417. The standard InChI is InChI=1S/C12H17NO2/c1-8(2)9-3-5-10(6-4-9)12(15)11(13)7-14/h3-6,8,11,14H,7,13H2,1-2H3. The van der Waals surface area contributed by atoms with E-state index in [0.29, 0.717) is 11.5 Å². The number of Topliss-reactive ketones (excluding diaryl/α,β-unsaturated/α-hetero) is 1. The number of aliphatic hydroxyl groups excluding tert-OH is 1. The van der Waals surface area contributed by atoms with Gasteiger partial charge in [0.1, 0.15) is 0 Å². The van der Waals surface area contributed by atoms with Crippen molar-refractivity contribution in [1.82, 2.24) is 0 Å². The number of aliphatic hydroxyl groups is 1. The second kappa shape index (κ2) is 5.05. The second-order valence-corrected chi connectivity index (χ2v) is 3.93. The molecule has 0 aromatic heterocycles. The average Bonchev–Trinajstić information content (AvgIpc) is 2.27. The van der Waals surface area contributed by atoms with E-state index in [1.54, 1.807) is 12.1 Å². The highest BCUT2D eigenvalue weighted by Crippen LogP contribution is 2.15. The van der Waals surface area contributed by atoms with Crippen molar-refractivity contribution < 1.29 is 9.90 Å². The van der Waals surface area contributed by atoms with Gasteiger partial charge in [0.15, 0.2) is 5.78 Å². The zero-order chi connectivity index (χ0) is 11.4. The van der Waals surface area contributed by atoms with Crippen LogP contribution in [0.4, 0.5) is 0 Å². The van der Waals surface area contributed by atoms with Gasteiger partial charge < -0.3 is 10.8 Å². The van der Waals surface area contributed by atoms with E-state index in [-0.39, 0.29) is 12.4 Å². The molecule has 1 rings (SSSR count). The summed E-state index contributed by atoms with van der Waals surface area (Å²) in [6.45, 7) is 3.87. The Morgan fingerprint density at radius 1 is 1.33 bits per heavy atom. The summed E-state index contributed by atoms with van der Waals surface area (Å²) >= 11 is 0. The molecule has 1 unspecified atom stereocenters. The summed E-state index contributed by atoms with van der Waals surface area (Å²) in [5, 5.41) is 8.76. The number of hydrogen-bond donors (Lipinski definition) is 2. The van der Waals surface area contributed by atoms with Crippen LogP contribution in [0, 0.1) is 0 Å². The first-order valence-electron chi connectivity index (χ1n) is 5.07. The Morgan fingerprint density at radius 3 is 2.27 bits per heavy atom. The molecule has 1 atom stereocenters. The van der Waals surface area contributed by atoms with Gasteiger partial charge >= 0.3 is 0 Å². The highest BCUT2D eigenvalue weighted by atomic mass is 16.3. The Bertz CT molecular complexity index is 330. The van der Waals surface area contributed by atoms with Crippen LogP contribution in [0.2, 0.25) is 0 Å². The number of carbonyl (C=O) groups is 1. The summed E-state index contributed by atoms with van der Waals surface area (Å²) in [5.74, 6) is 0.230. The van der Waals surface area contributed by atoms with Gasteiger partial charge in [0, 0.05) is 5.56 Å². The number of ketones is 1. The Hall–Kier alpha value is -1.19. The van der Waals surface area contributed by atoms with Crippen LogP contribution in [0.15, 0.2) is 24.3 Å². The van der Waals surface area contributed by atoms with Crippen molar-refractivity contribution >= 4 is 5.78 Å². The van der Waals surface area contributed by atoms with E-state index in [9.17, 15) is 4.79 Å². The monoisotopic (exact) mass is 207 g/mol. The van der Waals surface area contributed by atoms with E-state index in [1.165, 1.54) is 5.56 Å². The molecule has 15 heavy (non-hydrogen) atoms. The molecule has 3 N–H and O–H groups in total. The molecule has 3 heteroatoms. The van der Waals surface area contributed by atoms with Gasteiger partial charge in [0.05, 0.1) is 12.6 Å². The topological polar surface area (TPSA) is 63.3 Å². The molecule has 0 amide bonds. The average molecular weight is 207 g/mol. The van der Waals surface area contributed by atoms with Crippen molar-refractivity contribution in [2.45, 2.75) is 25.8 Å². The van der Waals surface area contributed by atoms with E-state index in [0.717, 1.165) is 0 Å². The van der Waals surface area contributed by atoms with Crippen molar-refractivity contribution in [2.24, 2.45) is 5.73 Å². The normalized spacial score (nSPS) is 12.9. The van der Waals surface area contributed by atoms with Crippen LogP contribution in [-0.2, 0) is 0 Å². The third-order valence-electron chi connectivity index (χ3n) is 2.40. The van der Waals surface area contributed by atoms with Crippen LogP contribution in [0.3, 0.4) is 0 Å². The molecule has 82 valence electrons. The third kappa shape index (κ3) is 2.88. The summed E-state index contributed by atoms with van der Waals surface area (Å²) in [4.78, 5) is 11.6. The van der Waals surface area contributed by atoms with Gasteiger partial charge in [-0.3, -0.25) is 4.79 Å². The Labute approximate surface area is 89.9 Å². The van der Waals surface area contributed by atoms with E-state index < -0.39 is 6.04 Å². The Balaban J connectivity index is 2.84. The molecule has 0 heterocycles. The van der Waals surface area contributed by atoms with Gasteiger partial charge in [-0.15, -0.1) is 0 Å². The fourth-order valence-corrected chi connectivity index (χ4v) is 1.33. The largest absolute Gasteiger partial charge is 0.394 e. The smallest absolute Gasteiger partial charge is 0.181 e. The summed E-state index contributed by atoms with van der Waals surface area (Å²) in [5.41, 5.74) is 7.19. The van der Waals surface area contributed by atoms with Crippen LogP contribution in [-0.4, -0.2) is 23.5 Å². The summed E-state index contributed by atoms with van der Waals surface area (Å²) in [6, 6.07) is 6.54. The molecule has 1 aromatic carbocycles. The van der Waals surface area contributed by atoms with Gasteiger partial charge in [-0.1, -0.05) is 38.1 Å². The van der Waals surface area contributed by atoms with Crippen molar-refractivity contribution in [1.29, 1.82) is 0 Å². The molecule has 0 aliphatic rings. The van der Waals surface area contributed by atoms with E-state index >= 15 is 0 Å². The van der Waals surface area contributed by atoms with Gasteiger partial charge in [0.25, 0.3) is 0 Å². The Morgan fingerprint density at radius 2 is 1.87 bits per heavy atom. The molecule has 0 bridgehead atoms. The first-order chi connectivity index (χ1) is 7.06. The molecular formula is C12H17NO2. The van der Waals surface area contributed by atoms with E-state index in [2.05, 4.69) is 13.8 Å². The van der Waals surface area contributed by atoms with Gasteiger partial charge in [0.2, 0.25) is 0 Å². The summed E-state index contributed by atoms with van der Waals surface area (Å²) in [6.07, 6.45) is 0. The summed E-state index contributed by atoms with van der Waals surface area (Å²) < 4.78 is 0. The molecule has 0 radical (unpaired) electrons. The quantitative estimate of drug-likeness (QED) is 0.732. The zero-order valence-electron chi connectivity index (χ0n) is 9.10. The number of carbonyl (C=O) groups excluding carboxylic acids is 1. The maximum Gasteiger partial charge on any atom is 0.181 e. The fourth-order valence-electron chi connectivity index (χ4n) is 1.33. The molecule has 0 saturated heterocycles. The van der Waals surface area contributed by atoms with Crippen molar-refractivity contribution in [3.8, 4) is 0 Å². The molecule has 0 saturated carbocycles. The van der Waals surface area contributed by atoms with Crippen molar-refractivity contribution in [2.75, 3.05) is 6.61 Å². The lowest BCUT2D eigenvalue weighted by Crippen LogP contribution is -2.33. The third-order valence-corrected chi connectivity index (χ3v) is 2.40. The molecule has 1 aromatic rings. The molecule has 0 fully saturated rings. The predicted molar refractivity (Wildman–Crippen MR) is 59.9 cm³/mol. The number of nitrogens with two attached hydrogens (primary N) is 1. The van der Waals surface area contributed by atoms with Crippen LogP contribution >= 0.6 is 0 Å². The minimum Gasteiger partial charge on any atom is -0.394 e. The Kier molecular flexibility index (Phi) is 4.00. The van der Waals surface area contributed by atoms with Crippen LogP contribution in [0.5, 0.6) is 0 Å². The van der Waals surface area contributed by atoms with Gasteiger partial charge in [-0.25, -0.2) is 0 Å². The van der Waals surface area contributed by atoms with E-state index in [4.69, 9.17) is 10.8 Å². The van der Waals surface area contributed by atoms with Crippen LogP contribution in [0.1, 0.15) is 35.7 Å². The number of benzene rings is 1. The maximum atomic E-state index is 11.6. The lowest BCUT2D eigenvalue weighted by molar-refractivity contribution is 0.0925. The van der Waals surface area contributed by atoms with Gasteiger partial charge in [-0.2, -0.15) is 0 Å². The lowest BCUT2D eigenvalue weighted by Gasteiger charge is -2.09.